The number of rotatable bonds is 6. The molecule has 3 aromatic rings. The van der Waals surface area contributed by atoms with Crippen molar-refractivity contribution >= 4 is 11.3 Å². The molecule has 0 radical (unpaired) electrons. The van der Waals surface area contributed by atoms with Gasteiger partial charge in [0.15, 0.2) is 0 Å². The summed E-state index contributed by atoms with van der Waals surface area (Å²) in [7, 11) is 0. The van der Waals surface area contributed by atoms with Crippen LogP contribution >= 0.6 is 11.3 Å². The summed E-state index contributed by atoms with van der Waals surface area (Å²) >= 11 is 1.82. The number of aryl methyl sites for hydroxylation is 1. The number of nitrogens with two attached hydrogens (primary N) is 1. The molecule has 0 saturated heterocycles. The summed E-state index contributed by atoms with van der Waals surface area (Å²) < 4.78 is 5.84. The second-order valence-corrected chi connectivity index (χ2v) is 6.90. The van der Waals surface area contributed by atoms with Crippen molar-refractivity contribution in [3.05, 3.63) is 87.6 Å². The highest BCUT2D eigenvalue weighted by molar-refractivity contribution is 7.12. The lowest BCUT2D eigenvalue weighted by molar-refractivity contribution is 0.306. The van der Waals surface area contributed by atoms with Crippen molar-refractivity contribution < 1.29 is 4.74 Å². The maximum atomic E-state index is 5.99. The van der Waals surface area contributed by atoms with Crippen LogP contribution in [0, 0.1) is 6.92 Å². The molecular formula is C20H21NOS. The Bertz CT molecular complexity index is 734. The molecular weight excluding hydrogens is 302 g/mol. The smallest absolute Gasteiger partial charge is 0.119 e. The first-order valence-electron chi connectivity index (χ1n) is 7.79. The van der Waals surface area contributed by atoms with Crippen LogP contribution < -0.4 is 10.5 Å². The van der Waals surface area contributed by atoms with E-state index in [4.69, 9.17) is 10.5 Å². The minimum absolute atomic E-state index is 0.261. The molecule has 0 aliphatic heterocycles. The average Bonchev–Trinajstić information content (AvgIpc) is 3.02. The third-order valence-electron chi connectivity index (χ3n) is 3.87. The predicted molar refractivity (Wildman–Crippen MR) is 97.2 cm³/mol. The van der Waals surface area contributed by atoms with Crippen LogP contribution in [0.2, 0.25) is 0 Å². The van der Waals surface area contributed by atoms with Gasteiger partial charge in [-0.05, 0) is 42.3 Å². The maximum Gasteiger partial charge on any atom is 0.119 e. The van der Waals surface area contributed by atoms with Crippen LogP contribution in [0.25, 0.3) is 0 Å². The van der Waals surface area contributed by atoms with E-state index in [0.717, 1.165) is 5.75 Å². The van der Waals surface area contributed by atoms with E-state index >= 15 is 0 Å². The topological polar surface area (TPSA) is 35.2 Å². The van der Waals surface area contributed by atoms with Crippen molar-refractivity contribution in [3.63, 3.8) is 0 Å². The molecule has 1 unspecified atom stereocenters. The van der Waals surface area contributed by atoms with Gasteiger partial charge < -0.3 is 10.5 Å². The third-order valence-corrected chi connectivity index (χ3v) is 4.99. The van der Waals surface area contributed by atoms with Crippen molar-refractivity contribution in [2.75, 3.05) is 6.54 Å². The van der Waals surface area contributed by atoms with Gasteiger partial charge in [0.2, 0.25) is 0 Å². The van der Waals surface area contributed by atoms with Gasteiger partial charge in [-0.3, -0.25) is 0 Å². The lowest BCUT2D eigenvalue weighted by Crippen LogP contribution is -2.12. The fourth-order valence-corrected chi connectivity index (χ4v) is 3.61. The molecule has 2 N–H and O–H groups in total. The molecule has 0 aliphatic carbocycles. The van der Waals surface area contributed by atoms with Gasteiger partial charge in [0.25, 0.3) is 0 Å². The van der Waals surface area contributed by atoms with E-state index in [1.807, 2.05) is 41.7 Å². The van der Waals surface area contributed by atoms with E-state index < -0.39 is 0 Å². The van der Waals surface area contributed by atoms with Crippen molar-refractivity contribution in [2.45, 2.75) is 19.4 Å². The Balaban J connectivity index is 1.68. The Kier molecular flexibility index (Phi) is 5.11. The van der Waals surface area contributed by atoms with Gasteiger partial charge in [-0.1, -0.05) is 42.5 Å². The highest BCUT2D eigenvalue weighted by atomic mass is 32.1. The van der Waals surface area contributed by atoms with E-state index in [-0.39, 0.29) is 5.92 Å². The van der Waals surface area contributed by atoms with E-state index in [9.17, 15) is 0 Å². The second kappa shape index (κ2) is 7.44. The largest absolute Gasteiger partial charge is 0.489 e. The first kappa shape index (κ1) is 15.8. The second-order valence-electron chi connectivity index (χ2n) is 5.58. The van der Waals surface area contributed by atoms with Gasteiger partial charge in [0.1, 0.15) is 12.4 Å². The molecule has 1 aromatic heterocycles. The molecule has 0 fully saturated rings. The fraction of sp³-hybridized carbons (Fsp3) is 0.200. The van der Waals surface area contributed by atoms with Crippen LogP contribution in [0.15, 0.2) is 66.7 Å². The van der Waals surface area contributed by atoms with Crippen molar-refractivity contribution in [3.8, 4) is 5.75 Å². The molecule has 2 aromatic carbocycles. The van der Waals surface area contributed by atoms with Gasteiger partial charge in [-0.2, -0.15) is 0 Å². The van der Waals surface area contributed by atoms with E-state index in [0.29, 0.717) is 13.2 Å². The number of benzene rings is 2. The molecule has 0 bridgehead atoms. The summed E-state index contributed by atoms with van der Waals surface area (Å²) in [6, 6.07) is 22.8. The lowest BCUT2D eigenvalue weighted by Gasteiger charge is -2.14. The zero-order valence-electron chi connectivity index (χ0n) is 13.2. The van der Waals surface area contributed by atoms with E-state index in [1.165, 1.54) is 20.9 Å². The molecule has 0 spiro atoms. The predicted octanol–water partition coefficient (Wildman–Crippen LogP) is 4.73. The molecule has 1 heterocycles. The number of hydrogen-bond donors (Lipinski definition) is 1. The van der Waals surface area contributed by atoms with Crippen LogP contribution in [0.4, 0.5) is 0 Å². The van der Waals surface area contributed by atoms with Crippen LogP contribution in [-0.2, 0) is 6.61 Å². The highest BCUT2D eigenvalue weighted by Gasteiger charge is 2.14. The van der Waals surface area contributed by atoms with Gasteiger partial charge in [-0.15, -0.1) is 11.3 Å². The highest BCUT2D eigenvalue weighted by Crippen LogP contribution is 2.30. The SMILES string of the molecule is Cc1ccc(C(CN)c2ccc(OCc3ccccc3)cc2)s1. The quantitative estimate of drug-likeness (QED) is 0.712. The van der Waals surface area contributed by atoms with Crippen molar-refractivity contribution in [1.82, 2.24) is 0 Å². The van der Waals surface area contributed by atoms with Crippen LogP contribution in [0.3, 0.4) is 0 Å². The molecule has 2 nitrogen and oxygen atoms in total. The Labute approximate surface area is 141 Å². The summed E-state index contributed by atoms with van der Waals surface area (Å²) in [6.07, 6.45) is 0. The molecule has 3 heteroatoms. The Morgan fingerprint density at radius 3 is 2.30 bits per heavy atom. The maximum absolute atomic E-state index is 5.99. The monoisotopic (exact) mass is 323 g/mol. The molecule has 118 valence electrons. The number of ether oxygens (including phenoxy) is 1. The molecule has 0 amide bonds. The average molecular weight is 323 g/mol. The summed E-state index contributed by atoms with van der Waals surface area (Å²) in [5.74, 6) is 1.15. The molecule has 0 saturated carbocycles. The van der Waals surface area contributed by atoms with Gasteiger partial charge in [0.05, 0.1) is 0 Å². The van der Waals surface area contributed by atoms with Gasteiger partial charge >= 0.3 is 0 Å². The lowest BCUT2D eigenvalue weighted by atomic mass is 9.97. The van der Waals surface area contributed by atoms with Crippen LogP contribution in [-0.4, -0.2) is 6.54 Å². The standard InChI is InChI=1S/C20H21NOS/c1-15-7-12-20(23-15)19(13-21)17-8-10-18(11-9-17)22-14-16-5-3-2-4-6-16/h2-12,19H,13-14,21H2,1H3. The summed E-state index contributed by atoms with van der Waals surface area (Å²) in [4.78, 5) is 2.64. The summed E-state index contributed by atoms with van der Waals surface area (Å²) in [5.41, 5.74) is 8.40. The Morgan fingerprint density at radius 2 is 1.70 bits per heavy atom. The normalized spacial score (nSPS) is 12.1. The van der Waals surface area contributed by atoms with Crippen molar-refractivity contribution in [1.29, 1.82) is 0 Å². The van der Waals surface area contributed by atoms with Crippen molar-refractivity contribution in [2.24, 2.45) is 5.73 Å². The number of hydrogen-bond acceptors (Lipinski definition) is 3. The first-order valence-corrected chi connectivity index (χ1v) is 8.61. The summed E-state index contributed by atoms with van der Waals surface area (Å²) in [5, 5.41) is 0. The Morgan fingerprint density at radius 1 is 0.957 bits per heavy atom. The van der Waals surface area contributed by atoms with E-state index in [2.05, 4.69) is 43.3 Å². The minimum atomic E-state index is 0.261. The molecule has 3 rings (SSSR count). The zero-order valence-corrected chi connectivity index (χ0v) is 14.1. The minimum Gasteiger partial charge on any atom is -0.489 e. The zero-order chi connectivity index (χ0) is 16.1. The number of thiophene rings is 1. The Hall–Kier alpha value is -2.10. The van der Waals surface area contributed by atoms with Crippen LogP contribution in [0.1, 0.15) is 26.8 Å². The van der Waals surface area contributed by atoms with E-state index in [1.54, 1.807) is 0 Å². The summed E-state index contributed by atoms with van der Waals surface area (Å²) in [6.45, 7) is 3.33. The molecule has 1 atom stereocenters. The van der Waals surface area contributed by atoms with Gasteiger partial charge in [-0.25, -0.2) is 0 Å². The third kappa shape index (κ3) is 4.01. The van der Waals surface area contributed by atoms with Crippen LogP contribution in [0.5, 0.6) is 5.75 Å². The van der Waals surface area contributed by atoms with Gasteiger partial charge in [0, 0.05) is 22.2 Å². The molecule has 23 heavy (non-hydrogen) atoms. The first-order chi connectivity index (χ1) is 11.3. The fourth-order valence-electron chi connectivity index (χ4n) is 2.59. The molecule has 0 aliphatic rings.